The van der Waals surface area contributed by atoms with Crippen molar-refractivity contribution in [3.05, 3.63) is 34.9 Å². The van der Waals surface area contributed by atoms with E-state index in [-0.39, 0.29) is 0 Å². The van der Waals surface area contributed by atoms with Gasteiger partial charge in [-0.2, -0.15) is 5.10 Å². The van der Waals surface area contributed by atoms with E-state index in [4.69, 9.17) is 17.3 Å². The van der Waals surface area contributed by atoms with Crippen LogP contribution in [0.5, 0.6) is 0 Å². The average molecular weight is 226 g/mol. The van der Waals surface area contributed by atoms with Crippen LogP contribution in [0.4, 0.5) is 0 Å². The fourth-order valence-electron chi connectivity index (χ4n) is 0.769. The maximum absolute atomic E-state index is 10.7. The lowest BCUT2D eigenvalue weighted by Gasteiger charge is -1.94. The van der Waals surface area contributed by atoms with Gasteiger partial charge in [-0.1, -0.05) is 23.7 Å². The lowest BCUT2D eigenvalue weighted by molar-refractivity contribution is -0.137. The van der Waals surface area contributed by atoms with Crippen molar-refractivity contribution < 1.29 is 9.59 Å². The summed E-state index contributed by atoms with van der Waals surface area (Å²) in [6.45, 7) is 0. The molecule has 0 aliphatic rings. The monoisotopic (exact) mass is 225 g/mol. The van der Waals surface area contributed by atoms with Crippen LogP contribution in [0.2, 0.25) is 5.02 Å². The standard InChI is InChI=1S/C9H8ClN3O2/c10-7-3-1-6(2-4-7)5-12-13-9(15)8(11)14/h1-5H,(H2,11,14)(H,13,15)/b12-5-. The number of nitrogens with zero attached hydrogens (tertiary/aromatic N) is 1. The molecule has 3 N–H and O–H groups in total. The van der Waals surface area contributed by atoms with E-state index in [0.717, 1.165) is 5.56 Å². The molecule has 5 nitrogen and oxygen atoms in total. The number of benzene rings is 1. The summed E-state index contributed by atoms with van der Waals surface area (Å²) >= 11 is 5.66. The largest absolute Gasteiger partial charge is 0.361 e. The molecule has 0 bridgehead atoms. The van der Waals surface area contributed by atoms with Gasteiger partial charge in [-0.15, -0.1) is 0 Å². The molecular weight excluding hydrogens is 218 g/mol. The Bertz CT molecular complexity index is 400. The molecule has 6 heteroatoms. The Hall–Kier alpha value is -1.88. The van der Waals surface area contributed by atoms with Crippen molar-refractivity contribution in [2.75, 3.05) is 0 Å². The summed E-state index contributed by atoms with van der Waals surface area (Å²) < 4.78 is 0. The highest BCUT2D eigenvalue weighted by Gasteiger charge is 2.04. The number of hydrazone groups is 1. The summed E-state index contributed by atoms with van der Waals surface area (Å²) in [7, 11) is 0. The minimum absolute atomic E-state index is 0.605. The molecule has 0 heterocycles. The topological polar surface area (TPSA) is 84.5 Å². The summed E-state index contributed by atoms with van der Waals surface area (Å²) in [6, 6.07) is 6.78. The van der Waals surface area contributed by atoms with Crippen molar-refractivity contribution in [2.45, 2.75) is 0 Å². The molecule has 0 saturated heterocycles. The van der Waals surface area contributed by atoms with Gasteiger partial charge in [0.05, 0.1) is 6.21 Å². The van der Waals surface area contributed by atoms with E-state index in [1.807, 2.05) is 5.43 Å². The van der Waals surface area contributed by atoms with E-state index in [0.29, 0.717) is 5.02 Å². The molecule has 0 aliphatic carbocycles. The van der Waals surface area contributed by atoms with Crippen molar-refractivity contribution in [2.24, 2.45) is 10.8 Å². The third kappa shape index (κ3) is 3.78. The average Bonchev–Trinajstić information content (AvgIpc) is 2.20. The molecule has 0 saturated carbocycles. The van der Waals surface area contributed by atoms with Gasteiger partial charge in [-0.05, 0) is 17.7 Å². The number of halogens is 1. The first-order valence-corrected chi connectivity index (χ1v) is 4.36. The zero-order chi connectivity index (χ0) is 11.3. The molecule has 0 aromatic heterocycles. The molecule has 0 spiro atoms. The third-order valence-corrected chi connectivity index (χ3v) is 1.73. The van der Waals surface area contributed by atoms with Crippen molar-refractivity contribution in [1.82, 2.24) is 5.43 Å². The van der Waals surface area contributed by atoms with Gasteiger partial charge in [0.25, 0.3) is 0 Å². The van der Waals surface area contributed by atoms with Crippen LogP contribution in [0.25, 0.3) is 0 Å². The second-order valence-corrected chi connectivity index (χ2v) is 3.05. The molecular formula is C9H8ClN3O2. The lowest BCUT2D eigenvalue weighted by atomic mass is 10.2. The third-order valence-electron chi connectivity index (χ3n) is 1.47. The quantitative estimate of drug-likeness (QED) is 0.430. The Labute approximate surface area is 90.9 Å². The molecule has 15 heavy (non-hydrogen) atoms. The number of hydrogen-bond donors (Lipinski definition) is 2. The van der Waals surface area contributed by atoms with E-state index in [1.54, 1.807) is 24.3 Å². The Balaban J connectivity index is 2.55. The Kier molecular flexibility index (Phi) is 3.82. The lowest BCUT2D eigenvalue weighted by Crippen LogP contribution is -2.32. The van der Waals surface area contributed by atoms with Gasteiger partial charge in [0, 0.05) is 5.02 Å². The highest BCUT2D eigenvalue weighted by molar-refractivity contribution is 6.34. The number of rotatable bonds is 2. The molecule has 0 fully saturated rings. The van der Waals surface area contributed by atoms with Gasteiger partial charge >= 0.3 is 11.8 Å². The predicted octanol–water partition coefficient (Wildman–Crippen LogP) is 0.275. The van der Waals surface area contributed by atoms with Gasteiger partial charge in [0.1, 0.15) is 0 Å². The van der Waals surface area contributed by atoms with Crippen molar-refractivity contribution in [1.29, 1.82) is 0 Å². The van der Waals surface area contributed by atoms with Gasteiger partial charge in [-0.25, -0.2) is 5.43 Å². The Morgan fingerprint density at radius 2 is 1.93 bits per heavy atom. The van der Waals surface area contributed by atoms with Gasteiger partial charge < -0.3 is 5.73 Å². The first-order chi connectivity index (χ1) is 7.09. The highest BCUT2D eigenvalue weighted by Crippen LogP contribution is 2.07. The van der Waals surface area contributed by atoms with Gasteiger partial charge in [0.2, 0.25) is 0 Å². The maximum Gasteiger partial charge on any atom is 0.329 e. The fraction of sp³-hybridized carbons (Fsp3) is 0. The van der Waals surface area contributed by atoms with E-state index >= 15 is 0 Å². The minimum Gasteiger partial charge on any atom is -0.361 e. The molecule has 0 aliphatic heterocycles. The number of carbonyl (C=O) groups excluding carboxylic acids is 2. The van der Waals surface area contributed by atoms with E-state index in [1.165, 1.54) is 6.21 Å². The van der Waals surface area contributed by atoms with Gasteiger partial charge in [-0.3, -0.25) is 9.59 Å². The van der Waals surface area contributed by atoms with Crippen molar-refractivity contribution in [3.63, 3.8) is 0 Å². The van der Waals surface area contributed by atoms with Crippen LogP contribution in [-0.4, -0.2) is 18.0 Å². The first-order valence-electron chi connectivity index (χ1n) is 3.98. The second-order valence-electron chi connectivity index (χ2n) is 2.61. The Morgan fingerprint density at radius 1 is 1.33 bits per heavy atom. The molecule has 1 aromatic carbocycles. The van der Waals surface area contributed by atoms with Crippen molar-refractivity contribution in [3.8, 4) is 0 Å². The summed E-state index contributed by atoms with van der Waals surface area (Å²) in [5.74, 6) is -2.04. The van der Waals surface area contributed by atoms with E-state index in [9.17, 15) is 9.59 Å². The number of carbonyl (C=O) groups is 2. The summed E-state index contributed by atoms with van der Waals surface area (Å²) in [5.41, 5.74) is 7.40. The molecule has 78 valence electrons. The molecule has 2 amide bonds. The number of nitrogens with one attached hydrogen (secondary N) is 1. The number of amides is 2. The highest BCUT2D eigenvalue weighted by atomic mass is 35.5. The number of hydrogen-bond acceptors (Lipinski definition) is 3. The normalized spacial score (nSPS) is 10.2. The van der Waals surface area contributed by atoms with Crippen molar-refractivity contribution >= 4 is 29.6 Å². The zero-order valence-electron chi connectivity index (χ0n) is 7.61. The summed E-state index contributed by atoms with van der Waals surface area (Å²) in [4.78, 5) is 21.0. The first kappa shape index (κ1) is 11.2. The van der Waals surface area contributed by atoms with Crippen LogP contribution in [0, 0.1) is 0 Å². The van der Waals surface area contributed by atoms with Crippen LogP contribution in [0.3, 0.4) is 0 Å². The molecule has 0 atom stereocenters. The SMILES string of the molecule is NC(=O)C(=O)N/N=C\c1ccc(Cl)cc1. The van der Waals surface area contributed by atoms with E-state index in [2.05, 4.69) is 5.10 Å². The zero-order valence-corrected chi connectivity index (χ0v) is 8.36. The van der Waals surface area contributed by atoms with Crippen LogP contribution in [0.15, 0.2) is 29.4 Å². The molecule has 0 radical (unpaired) electrons. The summed E-state index contributed by atoms with van der Waals surface area (Å²) in [6.07, 6.45) is 1.37. The molecule has 1 aromatic rings. The van der Waals surface area contributed by atoms with Gasteiger partial charge in [0.15, 0.2) is 0 Å². The number of primary amides is 1. The fourth-order valence-corrected chi connectivity index (χ4v) is 0.895. The Morgan fingerprint density at radius 3 is 2.47 bits per heavy atom. The van der Waals surface area contributed by atoms with Crippen LogP contribution < -0.4 is 11.2 Å². The van der Waals surface area contributed by atoms with E-state index < -0.39 is 11.8 Å². The smallest absolute Gasteiger partial charge is 0.329 e. The van der Waals surface area contributed by atoms with Crippen LogP contribution in [0.1, 0.15) is 5.56 Å². The predicted molar refractivity (Wildman–Crippen MR) is 56.4 cm³/mol. The molecule has 0 unspecified atom stereocenters. The maximum atomic E-state index is 10.7. The minimum atomic E-state index is -1.08. The van der Waals surface area contributed by atoms with Crippen LogP contribution >= 0.6 is 11.6 Å². The summed E-state index contributed by atoms with van der Waals surface area (Å²) in [5, 5.41) is 4.13. The second kappa shape index (κ2) is 5.11. The molecule has 1 rings (SSSR count). The van der Waals surface area contributed by atoms with Crippen LogP contribution in [-0.2, 0) is 9.59 Å². The number of nitrogens with two attached hydrogens (primary N) is 1.